The van der Waals surface area contributed by atoms with Crippen molar-refractivity contribution in [1.29, 1.82) is 0 Å². The van der Waals surface area contributed by atoms with E-state index in [9.17, 15) is 9.59 Å². The number of benzene rings is 1. The fraction of sp³-hybridized carbons (Fsp3) is 0.423. The molecule has 1 aromatic carbocycles. The second-order valence-electron chi connectivity index (χ2n) is 9.12. The molecule has 4 rings (SSSR count). The smallest absolute Gasteiger partial charge is 0.219 e. The van der Waals surface area contributed by atoms with Gasteiger partial charge in [0.15, 0.2) is 5.78 Å². The van der Waals surface area contributed by atoms with E-state index in [1.165, 1.54) is 11.1 Å². The normalized spacial score (nSPS) is 14.4. The lowest BCUT2D eigenvalue weighted by molar-refractivity contribution is -0.129. The second-order valence-corrected chi connectivity index (χ2v) is 9.12. The van der Waals surface area contributed by atoms with Crippen molar-refractivity contribution >= 4 is 28.3 Å². The van der Waals surface area contributed by atoms with Gasteiger partial charge in [0.2, 0.25) is 5.91 Å². The number of hydrogen-bond donors (Lipinski definition) is 0. The molecule has 1 fully saturated rings. The Balaban J connectivity index is 1.70. The van der Waals surface area contributed by atoms with Crippen molar-refractivity contribution in [1.82, 2.24) is 14.5 Å². The number of anilines is 1. The van der Waals surface area contributed by atoms with E-state index in [1.807, 2.05) is 23.2 Å². The molecule has 1 aliphatic heterocycles. The highest BCUT2D eigenvalue weighted by Crippen LogP contribution is 2.31. The maximum absolute atomic E-state index is 12.5. The van der Waals surface area contributed by atoms with Gasteiger partial charge >= 0.3 is 0 Å². The highest BCUT2D eigenvalue weighted by molar-refractivity contribution is 5.99. The third-order valence-corrected chi connectivity index (χ3v) is 6.36. The van der Waals surface area contributed by atoms with Gasteiger partial charge in [0.25, 0.3) is 0 Å². The fourth-order valence-electron chi connectivity index (χ4n) is 4.69. The minimum atomic E-state index is 0.0602. The van der Waals surface area contributed by atoms with Crippen LogP contribution < -0.4 is 4.90 Å². The summed E-state index contributed by atoms with van der Waals surface area (Å²) in [5.41, 5.74) is 6.33. The highest BCUT2D eigenvalue weighted by atomic mass is 16.2. The van der Waals surface area contributed by atoms with Crippen LogP contribution in [-0.4, -0.2) is 52.3 Å². The van der Waals surface area contributed by atoms with Crippen molar-refractivity contribution in [3.63, 3.8) is 0 Å². The van der Waals surface area contributed by atoms with Gasteiger partial charge in [0.05, 0.1) is 23.4 Å². The molecule has 6 heteroatoms. The molecule has 168 valence electrons. The Hall–Kier alpha value is -3.15. The van der Waals surface area contributed by atoms with Crippen molar-refractivity contribution in [2.75, 3.05) is 31.1 Å². The van der Waals surface area contributed by atoms with Crippen LogP contribution in [0, 0.1) is 6.92 Å². The Morgan fingerprint density at radius 1 is 1.03 bits per heavy atom. The van der Waals surface area contributed by atoms with Gasteiger partial charge in [-0.05, 0) is 42.7 Å². The number of Topliss-reactive ketones (excluding diaryl/α,β-unsaturated/α-hetero) is 1. The van der Waals surface area contributed by atoms with Gasteiger partial charge in [-0.3, -0.25) is 14.6 Å². The maximum Gasteiger partial charge on any atom is 0.219 e. The summed E-state index contributed by atoms with van der Waals surface area (Å²) in [5, 5.41) is 1.11. The molecule has 1 saturated heterocycles. The average Bonchev–Trinajstić information content (AvgIpc) is 3.11. The molecule has 2 aromatic heterocycles. The summed E-state index contributed by atoms with van der Waals surface area (Å²) in [6, 6.07) is 10.5. The Morgan fingerprint density at radius 2 is 1.75 bits per heavy atom. The van der Waals surface area contributed by atoms with Crippen LogP contribution in [0.1, 0.15) is 60.9 Å². The van der Waals surface area contributed by atoms with Crippen molar-refractivity contribution in [2.45, 2.75) is 47.1 Å². The van der Waals surface area contributed by atoms with Crippen molar-refractivity contribution in [2.24, 2.45) is 0 Å². The summed E-state index contributed by atoms with van der Waals surface area (Å²) in [5.74, 6) is 0.542. The van der Waals surface area contributed by atoms with Gasteiger partial charge in [-0.15, -0.1) is 0 Å². The zero-order chi connectivity index (χ0) is 23.0. The van der Waals surface area contributed by atoms with Crippen LogP contribution in [0.3, 0.4) is 0 Å². The largest absolute Gasteiger partial charge is 0.368 e. The quantitative estimate of drug-likeness (QED) is 0.561. The zero-order valence-corrected chi connectivity index (χ0v) is 19.7. The van der Waals surface area contributed by atoms with E-state index in [4.69, 9.17) is 0 Å². The average molecular weight is 433 g/mol. The van der Waals surface area contributed by atoms with Gasteiger partial charge in [-0.2, -0.15) is 0 Å². The molecule has 3 aromatic rings. The van der Waals surface area contributed by atoms with Gasteiger partial charge in [-0.25, -0.2) is 0 Å². The Labute approximate surface area is 189 Å². The molecule has 0 saturated carbocycles. The van der Waals surface area contributed by atoms with Crippen LogP contribution in [0.2, 0.25) is 0 Å². The first-order chi connectivity index (χ1) is 15.2. The molecule has 6 nitrogen and oxygen atoms in total. The first-order valence-electron chi connectivity index (χ1n) is 11.3. The number of aromatic nitrogens is 2. The standard InChI is InChI=1S/C26H32N4O2/c1-17(2)24-13-18(3)12-21-14-25(19(4)31)30(26(21)24)16-22-15-23(6-7-27-22)29-10-8-28(9-11-29)20(5)32/h6-7,12-15,17H,8-11,16H2,1-5H3. The molecule has 3 heterocycles. The van der Waals surface area contributed by atoms with Crippen LogP contribution in [0.15, 0.2) is 36.5 Å². The lowest BCUT2D eigenvalue weighted by Crippen LogP contribution is -2.48. The molecular formula is C26H32N4O2. The van der Waals surface area contributed by atoms with E-state index < -0.39 is 0 Å². The Bertz CT molecular complexity index is 1170. The van der Waals surface area contributed by atoms with E-state index in [2.05, 4.69) is 53.4 Å². The number of piperazine rings is 1. The number of hydrogen-bond acceptors (Lipinski definition) is 4. The second kappa shape index (κ2) is 8.77. The maximum atomic E-state index is 12.5. The summed E-state index contributed by atoms with van der Waals surface area (Å²) in [7, 11) is 0. The molecule has 32 heavy (non-hydrogen) atoms. The lowest BCUT2D eigenvalue weighted by Gasteiger charge is -2.35. The minimum absolute atomic E-state index is 0.0602. The van der Waals surface area contributed by atoms with Crippen molar-refractivity contribution in [3.8, 4) is 0 Å². The van der Waals surface area contributed by atoms with Gasteiger partial charge in [0, 0.05) is 57.3 Å². The van der Waals surface area contributed by atoms with E-state index in [0.717, 1.165) is 54.2 Å². The van der Waals surface area contributed by atoms with E-state index in [1.54, 1.807) is 13.8 Å². The number of fused-ring (bicyclic) bond motifs is 1. The molecule has 0 atom stereocenters. The Kier molecular flexibility index (Phi) is 6.04. The van der Waals surface area contributed by atoms with E-state index >= 15 is 0 Å². The third-order valence-electron chi connectivity index (χ3n) is 6.36. The van der Waals surface area contributed by atoms with Crippen molar-refractivity contribution < 1.29 is 9.59 Å². The summed E-state index contributed by atoms with van der Waals surface area (Å²) in [4.78, 5) is 33.0. The van der Waals surface area contributed by atoms with E-state index in [-0.39, 0.29) is 11.7 Å². The molecule has 0 spiro atoms. The Morgan fingerprint density at radius 3 is 2.38 bits per heavy atom. The number of ketones is 1. The van der Waals surface area contributed by atoms with E-state index in [0.29, 0.717) is 12.5 Å². The molecule has 1 aliphatic rings. The number of carbonyl (C=O) groups excluding carboxylic acids is 2. The lowest BCUT2D eigenvalue weighted by atomic mass is 9.98. The third kappa shape index (κ3) is 4.27. The fourth-order valence-corrected chi connectivity index (χ4v) is 4.69. The topological polar surface area (TPSA) is 58.4 Å². The highest BCUT2D eigenvalue weighted by Gasteiger charge is 2.21. The molecule has 0 N–H and O–H groups in total. The van der Waals surface area contributed by atoms with Crippen LogP contribution in [0.4, 0.5) is 5.69 Å². The summed E-state index contributed by atoms with van der Waals surface area (Å²) in [6.45, 7) is 13.4. The number of nitrogens with zero attached hydrogens (tertiary/aromatic N) is 4. The number of aryl methyl sites for hydroxylation is 1. The SMILES string of the molecule is CC(=O)c1cc2cc(C)cc(C(C)C)c2n1Cc1cc(N2CCN(C(C)=O)CC2)ccn1. The zero-order valence-electron chi connectivity index (χ0n) is 19.7. The van der Waals surface area contributed by atoms with Gasteiger partial charge in [-0.1, -0.05) is 25.5 Å². The van der Waals surface area contributed by atoms with Crippen LogP contribution >= 0.6 is 0 Å². The van der Waals surface area contributed by atoms with Crippen LogP contribution in [-0.2, 0) is 11.3 Å². The first-order valence-corrected chi connectivity index (χ1v) is 11.3. The van der Waals surface area contributed by atoms with Crippen LogP contribution in [0.5, 0.6) is 0 Å². The van der Waals surface area contributed by atoms with Gasteiger partial charge in [0.1, 0.15) is 0 Å². The predicted molar refractivity (Wildman–Crippen MR) is 129 cm³/mol. The first kappa shape index (κ1) is 22.1. The number of amides is 1. The number of pyridine rings is 1. The molecule has 0 unspecified atom stereocenters. The number of carbonyl (C=O) groups is 2. The van der Waals surface area contributed by atoms with Crippen LogP contribution in [0.25, 0.3) is 10.9 Å². The molecule has 0 aliphatic carbocycles. The van der Waals surface area contributed by atoms with Crippen molar-refractivity contribution in [3.05, 3.63) is 59.0 Å². The molecular weight excluding hydrogens is 400 g/mol. The van der Waals surface area contributed by atoms with Gasteiger partial charge < -0.3 is 14.4 Å². The molecule has 0 bridgehead atoms. The minimum Gasteiger partial charge on any atom is -0.368 e. The molecule has 0 radical (unpaired) electrons. The number of rotatable bonds is 5. The molecule has 1 amide bonds. The summed E-state index contributed by atoms with van der Waals surface area (Å²) >= 11 is 0. The summed E-state index contributed by atoms with van der Waals surface area (Å²) in [6.07, 6.45) is 1.84. The monoisotopic (exact) mass is 432 g/mol. The predicted octanol–water partition coefficient (Wildman–Crippen LogP) is 4.39. The summed E-state index contributed by atoms with van der Waals surface area (Å²) < 4.78 is 2.13.